The molecule has 0 saturated heterocycles. The number of benzene rings is 16. The molecule has 35 rings (SSSR count). The van der Waals surface area contributed by atoms with Gasteiger partial charge in [0.2, 0.25) is 0 Å². The van der Waals surface area contributed by atoms with Crippen LogP contribution < -0.4 is 0 Å². The van der Waals surface area contributed by atoms with Crippen LogP contribution in [0.5, 0.6) is 0 Å². The highest BCUT2D eigenvalue weighted by Gasteiger charge is 2.77. The molecule has 26 aromatic rings. The normalized spacial score (nSPS) is 25.4. The summed E-state index contributed by atoms with van der Waals surface area (Å²) in [4.78, 5) is 30.7. The van der Waals surface area contributed by atoms with Gasteiger partial charge in [-0.2, -0.15) is 0 Å². The largest absolute Gasteiger partial charge is 0.465 e. The monoisotopic (exact) mass is 1070 g/mol. The number of rotatable bonds is 2. The quantitative estimate of drug-likeness (QED) is 0.125. The summed E-state index contributed by atoms with van der Waals surface area (Å²) in [5.74, 6) is -0.484. The molecule has 0 fully saturated rings. The van der Waals surface area contributed by atoms with Crippen LogP contribution in [0.15, 0.2) is 28.1 Å². The number of allylic oxidation sites excluding steroid dienone is 2. The Balaban J connectivity index is 0.927. The second kappa shape index (κ2) is 7.96. The van der Waals surface area contributed by atoms with Crippen LogP contribution in [0.25, 0.3) is 269 Å². The van der Waals surface area contributed by atoms with Gasteiger partial charge in [0.25, 0.3) is 0 Å². The van der Waals surface area contributed by atoms with E-state index in [4.69, 9.17) is 9.47 Å². The van der Waals surface area contributed by atoms with Gasteiger partial charge in [-0.3, -0.25) is 0 Å². The topological polar surface area (TPSA) is 52.6 Å². The third kappa shape index (κ3) is 1.96. The maximum atomic E-state index is 13.5. The van der Waals surface area contributed by atoms with Crippen molar-refractivity contribution in [1.82, 2.24) is 0 Å². The first-order chi connectivity index (χ1) is 39.6. The summed E-state index contributed by atoms with van der Waals surface area (Å²) >= 11 is 6.80. The summed E-state index contributed by atoms with van der Waals surface area (Å²) in [6.45, 7) is 0. The molecule has 8 heteroatoms. The van der Waals surface area contributed by atoms with E-state index in [1.807, 2.05) is 23.5 Å². The minimum Gasteiger partial charge on any atom is -0.465 e. The van der Waals surface area contributed by atoms with Crippen molar-refractivity contribution >= 4 is 328 Å². The molecule has 0 bridgehead atoms. The summed E-state index contributed by atoms with van der Waals surface area (Å²) in [7, 11) is 2.83. The molecule has 4 atom stereocenters. The molecule has 4 unspecified atom stereocenters. The van der Waals surface area contributed by atoms with E-state index >= 15 is 0 Å². The van der Waals surface area contributed by atoms with E-state index in [2.05, 4.69) is 0 Å². The van der Waals surface area contributed by atoms with Gasteiger partial charge < -0.3 is 9.47 Å². The van der Waals surface area contributed by atoms with Crippen LogP contribution in [0.1, 0.15) is 58.1 Å². The third-order valence-corrected chi connectivity index (χ3v) is 33.1. The standard InChI is InChI=1S/C72H12O4S4/c1-75-67(73)65-66(68(74)76-2)80-70(79-65)69-77-5-3-71-61-53-45-35-25-17-9-7-8-11-15-13(9)21-29-23(15)33-27-19(11)20-12(8)16-14-10(7)18(17)26-32-22(14)30-24(16)34-28(20)38-37(27)47-41(33)51-43(29)49(39(45)31(21)25)57(61)59(51)63-55(47)56-48(38)42(34)52-44(30)50-40(32)46(36(26)35)54(53)62(71)58(50)60(52)64(56)72(63,71)4-6(5)78-69/h61,64H,3-4H2,1-2H3. The van der Waals surface area contributed by atoms with Gasteiger partial charge in [0, 0.05) is 32.5 Å². The van der Waals surface area contributed by atoms with E-state index in [1.54, 1.807) is 303 Å². The van der Waals surface area contributed by atoms with Gasteiger partial charge in [-0.05, 0) is 316 Å². The molecule has 80 heavy (non-hydrogen) atoms. The van der Waals surface area contributed by atoms with Crippen LogP contribution in [0, 0.1) is 0 Å². The molecule has 0 saturated carbocycles. The zero-order valence-corrected chi connectivity index (χ0v) is 44.1. The van der Waals surface area contributed by atoms with Crippen LogP contribution in [0.4, 0.5) is 0 Å². The first-order valence-electron chi connectivity index (χ1n) is 28.7. The molecule has 2 spiro atoms. The lowest BCUT2D eigenvalue weighted by Crippen LogP contribution is -2.58. The molecule has 2 heterocycles. The van der Waals surface area contributed by atoms with Crippen molar-refractivity contribution in [2.45, 2.75) is 35.5 Å². The average molecular weight is 1070 g/mol. The summed E-state index contributed by atoms with van der Waals surface area (Å²) in [6, 6.07) is 0. The van der Waals surface area contributed by atoms with Crippen molar-refractivity contribution in [1.29, 1.82) is 0 Å². The molecule has 4 nitrogen and oxygen atoms in total. The zero-order valence-electron chi connectivity index (χ0n) is 40.8. The Morgan fingerprint density at radius 3 is 0.700 bits per heavy atom. The Hall–Kier alpha value is -7.72. The molecule has 0 amide bonds. The van der Waals surface area contributed by atoms with Gasteiger partial charge in [0.15, 0.2) is 0 Å². The van der Waals surface area contributed by atoms with Crippen molar-refractivity contribution in [2.75, 3.05) is 14.2 Å². The third-order valence-electron chi connectivity index (χ3n) is 27.4. The minimum absolute atomic E-state index is 0.232. The number of carbonyl (C=O) groups excluding carboxylic acids is 2. The number of esters is 2. The maximum Gasteiger partial charge on any atom is 0.346 e. The molecule has 9 aliphatic rings. The fourth-order valence-electron chi connectivity index (χ4n) is 27.0. The van der Waals surface area contributed by atoms with Crippen molar-refractivity contribution in [2.24, 2.45) is 0 Å². The fraction of sp³-hybridized carbons (Fsp3) is 0.111. The number of methoxy groups -OCH3 is 2. The van der Waals surface area contributed by atoms with Gasteiger partial charge in [0.1, 0.15) is 9.81 Å². The van der Waals surface area contributed by atoms with Crippen molar-refractivity contribution < 1.29 is 19.1 Å². The molecule has 7 aliphatic carbocycles. The first-order valence-corrected chi connectivity index (χ1v) is 31.9. The van der Waals surface area contributed by atoms with E-state index in [-0.39, 0.29) is 22.7 Å². The van der Waals surface area contributed by atoms with E-state index < -0.39 is 11.9 Å². The lowest BCUT2D eigenvalue weighted by Gasteiger charge is -2.62. The van der Waals surface area contributed by atoms with Gasteiger partial charge >= 0.3 is 11.9 Å². The predicted molar refractivity (Wildman–Crippen MR) is 335 cm³/mol. The molecule has 0 aromatic heterocycles. The Morgan fingerprint density at radius 2 is 0.475 bits per heavy atom. The Labute approximate surface area is 455 Å². The van der Waals surface area contributed by atoms with Crippen LogP contribution in [0.3, 0.4) is 0 Å². The summed E-state index contributed by atoms with van der Waals surface area (Å²) in [6.07, 6.45) is 2.01. The molecule has 348 valence electrons. The summed E-state index contributed by atoms with van der Waals surface area (Å²) < 4.78 is 12.9. The predicted octanol–water partition coefficient (Wildman–Crippen LogP) is 19.5. The van der Waals surface area contributed by atoms with Gasteiger partial charge in [0.05, 0.1) is 22.7 Å². The van der Waals surface area contributed by atoms with E-state index in [0.29, 0.717) is 9.81 Å². The average Bonchev–Trinajstić information content (AvgIpc) is 1.53. The van der Waals surface area contributed by atoms with Crippen LogP contribution in [-0.2, 0) is 29.9 Å². The second-order valence-corrected chi connectivity index (χ2v) is 32.6. The number of thioether (sulfide) groups is 4. The molecule has 0 radical (unpaired) electrons. The second-order valence-electron chi connectivity index (χ2n) is 27.8. The van der Waals surface area contributed by atoms with E-state index in [9.17, 15) is 9.59 Å². The highest BCUT2D eigenvalue weighted by Crippen LogP contribution is 2.90. The van der Waals surface area contributed by atoms with Crippen molar-refractivity contribution in [3.8, 4) is 0 Å². The fourth-order valence-corrected chi connectivity index (χ4v) is 32.7. The molecular weight excluding hydrogens is 1060 g/mol. The Morgan fingerprint density at radius 1 is 0.287 bits per heavy atom. The Bertz CT molecular complexity index is 7520. The van der Waals surface area contributed by atoms with Gasteiger partial charge in [-0.25, -0.2) is 9.59 Å². The number of ether oxygens (including phenoxy) is 2. The van der Waals surface area contributed by atoms with Gasteiger partial charge in [-0.15, -0.1) is 0 Å². The highest BCUT2D eigenvalue weighted by molar-refractivity contribution is 8.34. The maximum absolute atomic E-state index is 13.5. The van der Waals surface area contributed by atoms with E-state index in [1.165, 1.54) is 51.8 Å². The molecule has 0 N–H and O–H groups in total. The number of hydrogen-bond acceptors (Lipinski definition) is 8. The van der Waals surface area contributed by atoms with Crippen LogP contribution >= 0.6 is 47.0 Å². The zero-order chi connectivity index (χ0) is 48.8. The lowest BCUT2D eigenvalue weighted by molar-refractivity contribution is -0.138. The SMILES string of the molecule is COC(=O)C1=C(C(=O)OC)SC(=C2SC3=C(CC45c6c7c8c9c%10c%11c%12c%13c(c%14c%15c%16c%17c%18c(c6c6c%19c7c9c7c9c%10c%10c%11c%11c%13c%13c%14c%16c%14c%16c%17c%17c%18c6c6c%19c7c7c9c9c%10c%10c%11c%13c%14c%11c%16c%13c%17c6c7c%13c9c%10%11)C%154)C5(C3)C8%12)S2)S1. The highest BCUT2D eigenvalue weighted by atomic mass is 32.2. The summed E-state index contributed by atoms with van der Waals surface area (Å²) in [5.41, 5.74) is 10.0. The minimum atomic E-state index is -0.474. The first kappa shape index (κ1) is 33.1. The molecule has 2 aliphatic heterocycles. The smallest absolute Gasteiger partial charge is 0.346 e. The van der Waals surface area contributed by atoms with E-state index in [0.717, 1.165) is 17.1 Å². The van der Waals surface area contributed by atoms with Crippen molar-refractivity contribution in [3.63, 3.8) is 0 Å². The summed E-state index contributed by atoms with van der Waals surface area (Å²) in [5, 5.41) is 82.4. The van der Waals surface area contributed by atoms with Crippen molar-refractivity contribution in [3.05, 3.63) is 61.5 Å². The number of hydrogen-bond donors (Lipinski definition) is 0. The molecule has 26 aromatic carbocycles. The molecular formula is C72H12O4S4. The lowest BCUT2D eigenvalue weighted by atomic mass is 9.40. The van der Waals surface area contributed by atoms with Crippen LogP contribution in [0.2, 0.25) is 0 Å². The van der Waals surface area contributed by atoms with Gasteiger partial charge in [-0.1, -0.05) is 47.0 Å². The van der Waals surface area contributed by atoms with Crippen LogP contribution in [-0.4, -0.2) is 26.2 Å². The number of carbonyl (C=O) groups is 2. The Kier molecular flexibility index (Phi) is 3.30.